The van der Waals surface area contributed by atoms with E-state index in [4.69, 9.17) is 31.5 Å². The van der Waals surface area contributed by atoms with Crippen LogP contribution < -0.4 is 10.5 Å². The van der Waals surface area contributed by atoms with E-state index in [-0.39, 0.29) is 43.4 Å². The molecule has 0 spiro atoms. The Balaban J connectivity index is 0.00000243. The quantitative estimate of drug-likeness (QED) is 0.744. The third-order valence-electron chi connectivity index (χ3n) is 4.80. The highest BCUT2D eigenvalue weighted by molar-refractivity contribution is 6.31. The average Bonchev–Trinajstić information content (AvgIpc) is 3.17. The van der Waals surface area contributed by atoms with Gasteiger partial charge in [-0.1, -0.05) is 11.6 Å². The minimum Gasteiger partial charge on any atom is -0.491 e. The van der Waals surface area contributed by atoms with Crippen LogP contribution in [0.15, 0.2) is 18.2 Å². The summed E-state index contributed by atoms with van der Waals surface area (Å²) >= 11 is 6.05. The zero-order chi connectivity index (χ0) is 18.0. The van der Waals surface area contributed by atoms with Gasteiger partial charge in [-0.3, -0.25) is 9.59 Å². The van der Waals surface area contributed by atoms with Gasteiger partial charge in [0.05, 0.1) is 25.9 Å². The topological polar surface area (TPSA) is 91.1 Å². The maximum Gasteiger partial charge on any atom is 0.316 e. The first kappa shape index (κ1) is 20.8. The number of likely N-dealkylation sites (tertiary alicyclic amines) is 1. The number of amides is 1. The summed E-state index contributed by atoms with van der Waals surface area (Å²) < 4.78 is 16.0. The van der Waals surface area contributed by atoms with Gasteiger partial charge in [0.1, 0.15) is 17.8 Å². The van der Waals surface area contributed by atoms with Gasteiger partial charge in [0.2, 0.25) is 0 Å². The van der Waals surface area contributed by atoms with Crippen LogP contribution in [0.25, 0.3) is 0 Å². The summed E-state index contributed by atoms with van der Waals surface area (Å²) in [6.45, 7) is 2.02. The molecule has 1 amide bonds. The van der Waals surface area contributed by atoms with Gasteiger partial charge in [-0.2, -0.15) is 0 Å². The molecule has 0 unspecified atom stereocenters. The fourth-order valence-corrected chi connectivity index (χ4v) is 3.69. The van der Waals surface area contributed by atoms with Crippen molar-refractivity contribution >= 4 is 35.9 Å². The van der Waals surface area contributed by atoms with E-state index >= 15 is 0 Å². The van der Waals surface area contributed by atoms with Crippen molar-refractivity contribution in [3.8, 4) is 5.75 Å². The zero-order valence-electron chi connectivity index (χ0n) is 14.4. The summed E-state index contributed by atoms with van der Waals surface area (Å²) in [5.74, 6) is -0.208. The number of carbonyl (C=O) groups is 2. The number of halogens is 2. The molecule has 0 aromatic heterocycles. The van der Waals surface area contributed by atoms with Crippen LogP contribution in [-0.2, 0) is 14.3 Å². The molecule has 3 rings (SSSR count). The Morgan fingerprint density at radius 1 is 1.46 bits per heavy atom. The van der Waals surface area contributed by atoms with Crippen molar-refractivity contribution in [1.29, 1.82) is 0 Å². The molecule has 144 valence electrons. The smallest absolute Gasteiger partial charge is 0.316 e. The van der Waals surface area contributed by atoms with Crippen LogP contribution in [0.5, 0.6) is 5.75 Å². The molecule has 2 aliphatic rings. The first-order valence-electron chi connectivity index (χ1n) is 8.09. The molecule has 1 aromatic rings. The standard InChI is InChI=1S/C17H21ClN2O5.ClH/c1-23-16(22)17-9-20(7-11(17)8-24-10-17)15(21)13-6-12(18)2-3-14(13)25-5-4-19;/h2-3,6,11H,4-5,7-10,19H2,1H3;1H/t11-,17-;/m0./s1. The lowest BCUT2D eigenvalue weighted by Crippen LogP contribution is -2.41. The molecule has 26 heavy (non-hydrogen) atoms. The Morgan fingerprint density at radius 3 is 2.92 bits per heavy atom. The molecule has 2 heterocycles. The maximum atomic E-state index is 13.0. The number of esters is 1. The Morgan fingerprint density at radius 2 is 2.23 bits per heavy atom. The Bertz CT molecular complexity index is 687. The van der Waals surface area contributed by atoms with Gasteiger partial charge in [0.25, 0.3) is 5.91 Å². The van der Waals surface area contributed by atoms with E-state index in [0.29, 0.717) is 42.6 Å². The lowest BCUT2D eigenvalue weighted by Gasteiger charge is -2.24. The predicted octanol–water partition coefficient (Wildman–Crippen LogP) is 1.36. The van der Waals surface area contributed by atoms with E-state index in [2.05, 4.69) is 0 Å². The second-order valence-corrected chi connectivity index (χ2v) is 6.76. The van der Waals surface area contributed by atoms with Crippen molar-refractivity contribution in [1.82, 2.24) is 4.90 Å². The van der Waals surface area contributed by atoms with Crippen LogP contribution in [-0.4, -0.2) is 63.3 Å². The van der Waals surface area contributed by atoms with Crippen LogP contribution in [0.3, 0.4) is 0 Å². The Hall–Kier alpha value is -1.54. The van der Waals surface area contributed by atoms with Crippen molar-refractivity contribution in [2.45, 2.75) is 0 Å². The summed E-state index contributed by atoms with van der Waals surface area (Å²) in [6, 6.07) is 4.89. The molecule has 1 aromatic carbocycles. The van der Waals surface area contributed by atoms with E-state index < -0.39 is 5.41 Å². The van der Waals surface area contributed by atoms with Crippen LogP contribution in [0.4, 0.5) is 0 Å². The van der Waals surface area contributed by atoms with E-state index in [1.54, 1.807) is 23.1 Å². The minimum atomic E-state index is -0.790. The predicted molar refractivity (Wildman–Crippen MR) is 97.9 cm³/mol. The van der Waals surface area contributed by atoms with Gasteiger partial charge >= 0.3 is 5.97 Å². The molecule has 2 atom stereocenters. The number of benzene rings is 1. The number of fused-ring (bicyclic) bond motifs is 1. The van der Waals surface area contributed by atoms with Crippen molar-refractivity contribution in [3.63, 3.8) is 0 Å². The molecular weight excluding hydrogens is 383 g/mol. The molecule has 9 heteroatoms. The number of ether oxygens (including phenoxy) is 3. The first-order chi connectivity index (χ1) is 12.0. The normalized spacial score (nSPS) is 24.0. The van der Waals surface area contributed by atoms with Crippen LogP contribution >= 0.6 is 24.0 Å². The lowest BCUT2D eigenvalue weighted by atomic mass is 9.81. The molecule has 2 aliphatic heterocycles. The fraction of sp³-hybridized carbons (Fsp3) is 0.529. The zero-order valence-corrected chi connectivity index (χ0v) is 16.0. The average molecular weight is 405 g/mol. The number of hydrogen-bond donors (Lipinski definition) is 1. The monoisotopic (exact) mass is 404 g/mol. The third-order valence-corrected chi connectivity index (χ3v) is 5.04. The summed E-state index contributed by atoms with van der Waals surface area (Å²) in [5, 5.41) is 0.439. The Kier molecular flexibility index (Phi) is 6.74. The van der Waals surface area contributed by atoms with Crippen molar-refractivity contribution in [2.24, 2.45) is 17.1 Å². The maximum absolute atomic E-state index is 13.0. The number of nitrogens with two attached hydrogens (primary N) is 1. The number of hydrogen-bond acceptors (Lipinski definition) is 6. The van der Waals surface area contributed by atoms with E-state index in [0.717, 1.165) is 0 Å². The molecule has 0 saturated carbocycles. The second kappa shape index (κ2) is 8.43. The summed E-state index contributed by atoms with van der Waals surface area (Å²) in [5.41, 5.74) is 5.04. The largest absolute Gasteiger partial charge is 0.491 e. The van der Waals surface area contributed by atoms with Gasteiger partial charge in [-0.15, -0.1) is 12.4 Å². The highest BCUT2D eigenvalue weighted by Gasteiger charge is 2.57. The lowest BCUT2D eigenvalue weighted by molar-refractivity contribution is -0.153. The van der Waals surface area contributed by atoms with Crippen molar-refractivity contribution < 1.29 is 23.8 Å². The summed E-state index contributed by atoms with van der Waals surface area (Å²) in [7, 11) is 1.35. The first-order valence-corrected chi connectivity index (χ1v) is 8.47. The van der Waals surface area contributed by atoms with Gasteiger partial charge in [0, 0.05) is 30.6 Å². The molecular formula is C17H22Cl2N2O5. The van der Waals surface area contributed by atoms with Gasteiger partial charge in [-0.25, -0.2) is 0 Å². The van der Waals surface area contributed by atoms with Gasteiger partial charge in [0.15, 0.2) is 0 Å². The van der Waals surface area contributed by atoms with Crippen molar-refractivity contribution in [3.05, 3.63) is 28.8 Å². The second-order valence-electron chi connectivity index (χ2n) is 6.32. The van der Waals surface area contributed by atoms with Gasteiger partial charge < -0.3 is 24.8 Å². The van der Waals surface area contributed by atoms with Crippen LogP contribution in [0.1, 0.15) is 10.4 Å². The number of carbonyl (C=O) groups excluding carboxylic acids is 2. The summed E-state index contributed by atoms with van der Waals surface area (Å²) in [4.78, 5) is 27.0. The molecule has 0 aliphatic carbocycles. The number of nitrogens with zero attached hydrogens (tertiary/aromatic N) is 1. The number of rotatable bonds is 5. The molecule has 0 bridgehead atoms. The molecule has 7 nitrogen and oxygen atoms in total. The number of methoxy groups -OCH3 is 1. The fourth-order valence-electron chi connectivity index (χ4n) is 3.52. The van der Waals surface area contributed by atoms with E-state index in [9.17, 15) is 9.59 Å². The van der Waals surface area contributed by atoms with Gasteiger partial charge in [-0.05, 0) is 18.2 Å². The molecule has 2 fully saturated rings. The highest BCUT2D eigenvalue weighted by atomic mass is 35.5. The van der Waals surface area contributed by atoms with Crippen molar-refractivity contribution in [2.75, 3.05) is 46.6 Å². The molecule has 0 radical (unpaired) electrons. The van der Waals surface area contributed by atoms with Crippen LogP contribution in [0.2, 0.25) is 5.02 Å². The minimum absolute atomic E-state index is 0. The Labute approximate surface area is 163 Å². The highest BCUT2D eigenvalue weighted by Crippen LogP contribution is 2.43. The summed E-state index contributed by atoms with van der Waals surface area (Å²) in [6.07, 6.45) is 0. The van der Waals surface area contributed by atoms with E-state index in [1.807, 2.05) is 0 Å². The third kappa shape index (κ3) is 3.62. The molecule has 2 N–H and O–H groups in total. The van der Waals surface area contributed by atoms with Crippen LogP contribution in [0, 0.1) is 11.3 Å². The molecule has 2 saturated heterocycles. The SMILES string of the molecule is COC(=O)[C@@]12COC[C@@H]1CN(C(=O)c1cc(Cl)ccc1OCCN)C2.Cl. The van der Waals surface area contributed by atoms with E-state index in [1.165, 1.54) is 7.11 Å².